The van der Waals surface area contributed by atoms with Crippen molar-refractivity contribution in [3.63, 3.8) is 0 Å². The van der Waals surface area contributed by atoms with Crippen LogP contribution in [0.2, 0.25) is 0 Å². The van der Waals surface area contributed by atoms with Gasteiger partial charge in [-0.2, -0.15) is 0 Å². The summed E-state index contributed by atoms with van der Waals surface area (Å²) < 4.78 is 9.36. The van der Waals surface area contributed by atoms with Crippen LogP contribution in [0.1, 0.15) is 19.8 Å². The topological polar surface area (TPSA) is 78.6 Å². The number of ether oxygens (including phenoxy) is 2. The van der Waals surface area contributed by atoms with Crippen LogP contribution < -0.4 is 5.73 Å². The van der Waals surface area contributed by atoms with Crippen LogP contribution in [0.4, 0.5) is 0 Å². The van der Waals surface area contributed by atoms with Crippen molar-refractivity contribution in [2.75, 3.05) is 6.61 Å². The number of esters is 2. The molecule has 5 nitrogen and oxygen atoms in total. The van der Waals surface area contributed by atoms with Gasteiger partial charge in [0.15, 0.2) is 12.7 Å². The molecule has 1 aliphatic rings. The largest absolute Gasteiger partial charge is 0.451 e. The summed E-state index contributed by atoms with van der Waals surface area (Å²) in [4.78, 5) is 21.7. The molecule has 2 atom stereocenters. The zero-order valence-electron chi connectivity index (χ0n) is 7.49. The summed E-state index contributed by atoms with van der Waals surface area (Å²) in [5, 5.41) is 0. The second-order valence-corrected chi connectivity index (χ2v) is 3.14. The molecule has 0 aromatic carbocycles. The van der Waals surface area contributed by atoms with E-state index in [-0.39, 0.29) is 12.6 Å². The van der Waals surface area contributed by atoms with Gasteiger partial charge in [0.05, 0.1) is 0 Å². The summed E-state index contributed by atoms with van der Waals surface area (Å²) in [6.45, 7) is 1.56. The SMILES string of the molecule is CC(N)CCC1OC(=O)COC1=O. The minimum atomic E-state index is -0.757. The number of cyclic esters (lactones) is 2. The van der Waals surface area contributed by atoms with Crippen LogP contribution in [-0.2, 0) is 19.1 Å². The standard InChI is InChI=1S/C8H13NO4/c1-5(9)2-3-6-8(11)12-4-7(10)13-6/h5-6H,2-4,9H2,1H3. The molecule has 1 fully saturated rings. The van der Waals surface area contributed by atoms with Gasteiger partial charge >= 0.3 is 11.9 Å². The molecule has 1 rings (SSSR count). The lowest BCUT2D eigenvalue weighted by Gasteiger charge is -2.21. The Morgan fingerprint density at radius 1 is 1.62 bits per heavy atom. The maximum atomic E-state index is 11.0. The van der Waals surface area contributed by atoms with Gasteiger partial charge in [0, 0.05) is 6.04 Å². The third kappa shape index (κ3) is 3.02. The molecular weight excluding hydrogens is 174 g/mol. The zero-order chi connectivity index (χ0) is 9.84. The molecule has 0 aromatic heterocycles. The number of hydrogen-bond acceptors (Lipinski definition) is 5. The number of carbonyl (C=O) groups excluding carboxylic acids is 2. The van der Waals surface area contributed by atoms with Crippen molar-refractivity contribution in [2.45, 2.75) is 31.9 Å². The first kappa shape index (κ1) is 9.98. The molecule has 1 saturated heterocycles. The van der Waals surface area contributed by atoms with E-state index in [1.807, 2.05) is 6.92 Å². The molecule has 0 amide bonds. The highest BCUT2D eigenvalue weighted by molar-refractivity contribution is 5.85. The molecule has 0 saturated carbocycles. The molecule has 1 aliphatic heterocycles. The Bertz CT molecular complexity index is 214. The van der Waals surface area contributed by atoms with E-state index in [1.165, 1.54) is 0 Å². The van der Waals surface area contributed by atoms with E-state index < -0.39 is 18.0 Å². The molecule has 0 spiro atoms. The van der Waals surface area contributed by atoms with Crippen molar-refractivity contribution in [3.8, 4) is 0 Å². The van der Waals surface area contributed by atoms with Crippen molar-refractivity contribution in [1.29, 1.82) is 0 Å². The van der Waals surface area contributed by atoms with Gasteiger partial charge in [0.2, 0.25) is 0 Å². The molecule has 1 heterocycles. The highest BCUT2D eigenvalue weighted by atomic mass is 16.6. The third-order valence-electron chi connectivity index (χ3n) is 1.75. The first-order chi connectivity index (χ1) is 6.09. The van der Waals surface area contributed by atoms with Crippen LogP contribution in [0.3, 0.4) is 0 Å². The Morgan fingerprint density at radius 3 is 2.92 bits per heavy atom. The molecule has 5 heteroatoms. The van der Waals surface area contributed by atoms with E-state index in [0.717, 1.165) is 0 Å². The molecule has 2 N–H and O–H groups in total. The number of nitrogens with two attached hydrogens (primary N) is 1. The van der Waals surface area contributed by atoms with E-state index in [4.69, 9.17) is 10.5 Å². The Balaban J connectivity index is 2.38. The lowest BCUT2D eigenvalue weighted by molar-refractivity contribution is -0.185. The molecular formula is C8H13NO4. The van der Waals surface area contributed by atoms with Crippen LogP contribution in [-0.4, -0.2) is 30.7 Å². The monoisotopic (exact) mass is 187 g/mol. The number of rotatable bonds is 3. The van der Waals surface area contributed by atoms with Gasteiger partial charge in [-0.1, -0.05) is 0 Å². The Hall–Kier alpha value is -1.10. The van der Waals surface area contributed by atoms with Crippen LogP contribution in [0, 0.1) is 0 Å². The summed E-state index contributed by atoms with van der Waals surface area (Å²) in [6, 6.07) is -0.00608. The van der Waals surface area contributed by atoms with E-state index in [9.17, 15) is 9.59 Å². The quantitative estimate of drug-likeness (QED) is 0.607. The molecule has 0 bridgehead atoms. The van der Waals surface area contributed by atoms with Crippen molar-refractivity contribution < 1.29 is 19.1 Å². The fourth-order valence-corrected chi connectivity index (χ4v) is 1.05. The van der Waals surface area contributed by atoms with Gasteiger partial charge < -0.3 is 15.2 Å². The number of carbonyl (C=O) groups is 2. The molecule has 2 unspecified atom stereocenters. The van der Waals surface area contributed by atoms with E-state index in [2.05, 4.69) is 4.74 Å². The van der Waals surface area contributed by atoms with Crippen molar-refractivity contribution in [2.24, 2.45) is 5.73 Å². The lowest BCUT2D eigenvalue weighted by atomic mass is 10.1. The Morgan fingerprint density at radius 2 is 2.31 bits per heavy atom. The van der Waals surface area contributed by atoms with Gasteiger partial charge in [0.25, 0.3) is 0 Å². The van der Waals surface area contributed by atoms with Gasteiger partial charge in [0.1, 0.15) is 0 Å². The van der Waals surface area contributed by atoms with E-state index >= 15 is 0 Å². The smallest absolute Gasteiger partial charge is 0.348 e. The maximum absolute atomic E-state index is 11.0. The minimum Gasteiger partial charge on any atom is -0.451 e. The van der Waals surface area contributed by atoms with Crippen molar-refractivity contribution in [1.82, 2.24) is 0 Å². The second-order valence-electron chi connectivity index (χ2n) is 3.14. The van der Waals surface area contributed by atoms with Gasteiger partial charge in [-0.25, -0.2) is 9.59 Å². The molecule has 0 radical (unpaired) electrons. The summed E-state index contributed by atoms with van der Waals surface area (Å²) in [7, 11) is 0. The summed E-state index contributed by atoms with van der Waals surface area (Å²) in [6.07, 6.45) is 0.308. The maximum Gasteiger partial charge on any atom is 0.348 e. The normalized spacial score (nSPS) is 24.9. The lowest BCUT2D eigenvalue weighted by Crippen LogP contribution is -2.38. The predicted molar refractivity (Wildman–Crippen MR) is 43.7 cm³/mol. The van der Waals surface area contributed by atoms with Crippen LogP contribution in [0.25, 0.3) is 0 Å². The first-order valence-electron chi connectivity index (χ1n) is 4.21. The molecule has 13 heavy (non-hydrogen) atoms. The highest BCUT2D eigenvalue weighted by Crippen LogP contribution is 2.10. The molecule has 74 valence electrons. The van der Waals surface area contributed by atoms with Crippen molar-refractivity contribution in [3.05, 3.63) is 0 Å². The average Bonchev–Trinajstić information content (AvgIpc) is 2.06. The fourth-order valence-electron chi connectivity index (χ4n) is 1.05. The van der Waals surface area contributed by atoms with Crippen LogP contribution >= 0.6 is 0 Å². The van der Waals surface area contributed by atoms with Crippen LogP contribution in [0.5, 0.6) is 0 Å². The highest BCUT2D eigenvalue weighted by Gasteiger charge is 2.29. The molecule has 0 aromatic rings. The second kappa shape index (κ2) is 4.23. The van der Waals surface area contributed by atoms with E-state index in [0.29, 0.717) is 12.8 Å². The number of hydrogen-bond donors (Lipinski definition) is 1. The summed E-state index contributed by atoms with van der Waals surface area (Å²) >= 11 is 0. The zero-order valence-corrected chi connectivity index (χ0v) is 7.49. The Labute approximate surface area is 76.2 Å². The van der Waals surface area contributed by atoms with Crippen LogP contribution in [0.15, 0.2) is 0 Å². The van der Waals surface area contributed by atoms with Gasteiger partial charge in [-0.3, -0.25) is 0 Å². The molecule has 0 aliphatic carbocycles. The predicted octanol–water partition coefficient (Wildman–Crippen LogP) is -0.418. The van der Waals surface area contributed by atoms with E-state index in [1.54, 1.807) is 0 Å². The minimum absolute atomic E-state index is 0.00608. The third-order valence-corrected chi connectivity index (χ3v) is 1.75. The fraction of sp³-hybridized carbons (Fsp3) is 0.750. The average molecular weight is 187 g/mol. The summed E-state index contributed by atoms with van der Waals surface area (Å²) in [5.74, 6) is -0.963. The van der Waals surface area contributed by atoms with Crippen molar-refractivity contribution >= 4 is 11.9 Å². The van der Waals surface area contributed by atoms with Gasteiger partial charge in [-0.15, -0.1) is 0 Å². The first-order valence-corrected chi connectivity index (χ1v) is 4.21. The van der Waals surface area contributed by atoms with Gasteiger partial charge in [-0.05, 0) is 19.8 Å². The summed E-state index contributed by atoms with van der Waals surface area (Å²) in [5.41, 5.74) is 5.50. The Kier molecular flexibility index (Phi) is 3.25.